The number of hydrogen-bond acceptors (Lipinski definition) is 5. The van der Waals surface area contributed by atoms with E-state index in [9.17, 15) is 4.79 Å². The first kappa shape index (κ1) is 19.7. The molecule has 0 N–H and O–H groups in total. The summed E-state index contributed by atoms with van der Waals surface area (Å²) in [7, 11) is 3.41. The molecule has 0 fully saturated rings. The SMILES string of the molecule is COCOc1ccc(-c2nnn(C)c2Cn2ccn(Cc3ccccc3)c2=O)cc1. The summed E-state index contributed by atoms with van der Waals surface area (Å²) in [6.07, 6.45) is 3.60. The summed E-state index contributed by atoms with van der Waals surface area (Å²) in [5, 5.41) is 8.46. The Kier molecular flexibility index (Phi) is 5.76. The third kappa shape index (κ3) is 4.18. The van der Waals surface area contributed by atoms with Gasteiger partial charge in [-0.25, -0.2) is 9.48 Å². The lowest BCUT2D eigenvalue weighted by Gasteiger charge is -2.07. The second kappa shape index (κ2) is 8.79. The highest BCUT2D eigenvalue weighted by molar-refractivity contribution is 5.62. The number of nitrogens with zero attached hydrogens (tertiary/aromatic N) is 5. The van der Waals surface area contributed by atoms with Crippen LogP contribution in [0.25, 0.3) is 11.3 Å². The van der Waals surface area contributed by atoms with Crippen molar-refractivity contribution in [2.75, 3.05) is 13.9 Å². The molecule has 4 rings (SSSR count). The molecular weight excluding hydrogens is 382 g/mol. The average molecular weight is 405 g/mol. The number of imidazole rings is 1. The summed E-state index contributed by atoms with van der Waals surface area (Å²) < 4.78 is 15.4. The van der Waals surface area contributed by atoms with E-state index in [0.29, 0.717) is 18.8 Å². The van der Waals surface area contributed by atoms with Crippen molar-refractivity contribution < 1.29 is 9.47 Å². The second-order valence-corrected chi connectivity index (χ2v) is 6.91. The summed E-state index contributed by atoms with van der Waals surface area (Å²) in [5.41, 5.74) is 3.49. The molecular formula is C22H23N5O3. The van der Waals surface area contributed by atoms with Crippen molar-refractivity contribution in [2.45, 2.75) is 13.1 Å². The lowest BCUT2D eigenvalue weighted by molar-refractivity contribution is 0.0511. The second-order valence-electron chi connectivity index (χ2n) is 6.91. The van der Waals surface area contributed by atoms with Crippen molar-refractivity contribution in [3.63, 3.8) is 0 Å². The van der Waals surface area contributed by atoms with Gasteiger partial charge in [0.05, 0.1) is 18.8 Å². The molecule has 0 saturated heterocycles. The standard InChI is InChI=1S/C22H23N5O3/c1-25-20(21(23-24-25)18-8-10-19(11-9-18)30-16-29-2)15-27-13-12-26(22(27)28)14-17-6-4-3-5-7-17/h3-13H,14-16H2,1-2H3. The van der Waals surface area contributed by atoms with Gasteiger partial charge >= 0.3 is 5.69 Å². The highest BCUT2D eigenvalue weighted by Crippen LogP contribution is 2.24. The van der Waals surface area contributed by atoms with Crippen molar-refractivity contribution in [1.29, 1.82) is 0 Å². The largest absolute Gasteiger partial charge is 0.468 e. The van der Waals surface area contributed by atoms with Crippen LogP contribution in [0, 0.1) is 0 Å². The molecule has 0 saturated carbocycles. The van der Waals surface area contributed by atoms with E-state index in [2.05, 4.69) is 10.3 Å². The van der Waals surface area contributed by atoms with Crippen LogP contribution in [0.4, 0.5) is 0 Å². The zero-order valence-corrected chi connectivity index (χ0v) is 16.9. The molecule has 0 unspecified atom stereocenters. The first-order valence-corrected chi connectivity index (χ1v) is 9.56. The number of hydrogen-bond donors (Lipinski definition) is 0. The summed E-state index contributed by atoms with van der Waals surface area (Å²) >= 11 is 0. The van der Waals surface area contributed by atoms with Gasteiger partial charge in [-0.2, -0.15) is 0 Å². The molecule has 2 aromatic carbocycles. The predicted molar refractivity (Wildman–Crippen MR) is 112 cm³/mol. The van der Waals surface area contributed by atoms with Crippen molar-refractivity contribution in [2.24, 2.45) is 7.05 Å². The van der Waals surface area contributed by atoms with Gasteiger partial charge in [-0.3, -0.25) is 9.13 Å². The van der Waals surface area contributed by atoms with Crippen LogP contribution in [0.1, 0.15) is 11.3 Å². The number of aromatic nitrogens is 5. The zero-order chi connectivity index (χ0) is 20.9. The van der Waals surface area contributed by atoms with Gasteiger partial charge in [0, 0.05) is 32.1 Å². The first-order chi connectivity index (χ1) is 14.7. The van der Waals surface area contributed by atoms with Gasteiger partial charge in [-0.05, 0) is 29.8 Å². The van der Waals surface area contributed by atoms with Crippen molar-refractivity contribution >= 4 is 0 Å². The van der Waals surface area contributed by atoms with E-state index in [4.69, 9.17) is 9.47 Å². The molecule has 0 aliphatic carbocycles. The Morgan fingerprint density at radius 1 is 0.933 bits per heavy atom. The number of methoxy groups -OCH3 is 1. The maximum absolute atomic E-state index is 12.9. The number of aryl methyl sites for hydroxylation is 1. The van der Waals surface area contributed by atoms with Gasteiger partial charge in [0.1, 0.15) is 11.4 Å². The molecule has 0 radical (unpaired) electrons. The molecule has 0 amide bonds. The van der Waals surface area contributed by atoms with E-state index >= 15 is 0 Å². The Labute approximate surface area is 173 Å². The molecule has 8 heteroatoms. The van der Waals surface area contributed by atoms with Crippen molar-refractivity contribution in [3.8, 4) is 17.0 Å². The molecule has 2 aromatic heterocycles. The lowest BCUT2D eigenvalue weighted by Crippen LogP contribution is -2.25. The van der Waals surface area contributed by atoms with Gasteiger partial charge in [-0.15, -0.1) is 5.10 Å². The summed E-state index contributed by atoms with van der Waals surface area (Å²) in [5.74, 6) is 0.709. The monoisotopic (exact) mass is 405 g/mol. The van der Waals surface area contributed by atoms with Crippen LogP contribution in [0.2, 0.25) is 0 Å². The number of ether oxygens (including phenoxy) is 2. The Hall–Kier alpha value is -3.65. The highest BCUT2D eigenvalue weighted by Gasteiger charge is 2.15. The molecule has 0 aliphatic rings. The van der Waals surface area contributed by atoms with Crippen LogP contribution in [-0.2, 0) is 24.9 Å². The molecule has 154 valence electrons. The van der Waals surface area contributed by atoms with Gasteiger partial charge in [0.25, 0.3) is 0 Å². The fourth-order valence-electron chi connectivity index (χ4n) is 3.25. The number of rotatable bonds is 8. The van der Waals surface area contributed by atoms with Crippen molar-refractivity contribution in [3.05, 3.63) is 88.7 Å². The summed E-state index contributed by atoms with van der Waals surface area (Å²) in [6, 6.07) is 17.5. The van der Waals surface area contributed by atoms with Crippen LogP contribution in [0.15, 0.2) is 71.8 Å². The van der Waals surface area contributed by atoms with Gasteiger partial charge in [-0.1, -0.05) is 35.5 Å². The van der Waals surface area contributed by atoms with Crippen LogP contribution >= 0.6 is 0 Å². The minimum Gasteiger partial charge on any atom is -0.468 e. The van der Waals surface area contributed by atoms with Gasteiger partial charge in [0.15, 0.2) is 6.79 Å². The molecule has 2 heterocycles. The van der Waals surface area contributed by atoms with Gasteiger partial charge < -0.3 is 9.47 Å². The van der Waals surface area contributed by atoms with E-state index in [1.54, 1.807) is 33.3 Å². The Morgan fingerprint density at radius 2 is 1.63 bits per heavy atom. The van der Waals surface area contributed by atoms with E-state index in [1.165, 1.54) is 0 Å². The van der Waals surface area contributed by atoms with Crippen LogP contribution in [0.3, 0.4) is 0 Å². The molecule has 0 aliphatic heterocycles. The maximum Gasteiger partial charge on any atom is 0.328 e. The number of benzene rings is 2. The topological polar surface area (TPSA) is 76.1 Å². The molecule has 0 bridgehead atoms. The average Bonchev–Trinajstić information content (AvgIpc) is 3.31. The quantitative estimate of drug-likeness (QED) is 0.421. The Balaban J connectivity index is 1.56. The minimum atomic E-state index is -0.0747. The van der Waals surface area contributed by atoms with Crippen LogP contribution in [-0.4, -0.2) is 38.0 Å². The first-order valence-electron chi connectivity index (χ1n) is 9.56. The summed E-state index contributed by atoms with van der Waals surface area (Å²) in [4.78, 5) is 12.9. The summed E-state index contributed by atoms with van der Waals surface area (Å²) in [6.45, 7) is 1.10. The predicted octanol–water partition coefficient (Wildman–Crippen LogP) is 2.52. The minimum absolute atomic E-state index is 0.0747. The molecule has 0 atom stereocenters. The van der Waals surface area contributed by atoms with Crippen molar-refractivity contribution in [1.82, 2.24) is 24.1 Å². The van der Waals surface area contributed by atoms with E-state index in [1.807, 2.05) is 61.6 Å². The van der Waals surface area contributed by atoms with Crippen LogP contribution < -0.4 is 10.4 Å². The van der Waals surface area contributed by atoms with Crippen LogP contribution in [0.5, 0.6) is 5.75 Å². The smallest absolute Gasteiger partial charge is 0.328 e. The fourth-order valence-corrected chi connectivity index (χ4v) is 3.25. The third-order valence-corrected chi connectivity index (χ3v) is 4.85. The Morgan fingerprint density at radius 3 is 2.33 bits per heavy atom. The highest BCUT2D eigenvalue weighted by atomic mass is 16.7. The molecule has 0 spiro atoms. The molecule has 30 heavy (non-hydrogen) atoms. The van der Waals surface area contributed by atoms with Gasteiger partial charge in [0.2, 0.25) is 0 Å². The zero-order valence-electron chi connectivity index (χ0n) is 16.9. The maximum atomic E-state index is 12.9. The van der Waals surface area contributed by atoms with E-state index in [0.717, 1.165) is 22.5 Å². The molecule has 8 nitrogen and oxygen atoms in total. The molecule has 4 aromatic rings. The lowest BCUT2D eigenvalue weighted by atomic mass is 10.1. The Bertz CT molecular complexity index is 1160. The van der Waals surface area contributed by atoms with E-state index in [-0.39, 0.29) is 12.5 Å². The normalized spacial score (nSPS) is 11.0. The van der Waals surface area contributed by atoms with E-state index < -0.39 is 0 Å². The fraction of sp³-hybridized carbons (Fsp3) is 0.227. The third-order valence-electron chi connectivity index (χ3n) is 4.85.